The average Bonchev–Trinajstić information content (AvgIpc) is 2.05. The molecule has 0 spiro atoms. The van der Waals surface area contributed by atoms with Crippen LogP contribution < -0.4 is 4.35 Å². The Kier molecular flexibility index (Phi) is 3.02. The molecule has 0 N–H and O–H groups in total. The summed E-state index contributed by atoms with van der Waals surface area (Å²) in [7, 11) is 0. The number of hydrogen-bond donors (Lipinski definition) is 0. The van der Waals surface area contributed by atoms with Gasteiger partial charge in [-0.25, -0.2) is 0 Å². The molecular weight excluding hydrogens is 183 g/mol. The van der Waals surface area contributed by atoms with Crippen LogP contribution in [-0.2, 0) is 0 Å². The van der Waals surface area contributed by atoms with Gasteiger partial charge in [0.05, 0.1) is 0 Å². The van der Waals surface area contributed by atoms with E-state index in [0.29, 0.717) is 0 Å². The Morgan fingerprint density at radius 1 is 1.20 bits per heavy atom. The van der Waals surface area contributed by atoms with Gasteiger partial charge in [-0.2, -0.15) is 0 Å². The Morgan fingerprint density at radius 2 is 1.80 bits per heavy atom. The molecular formula is C9H13As. The fraction of sp³-hybridized carbons (Fsp3) is 0.333. The zero-order chi connectivity index (χ0) is 7.40. The van der Waals surface area contributed by atoms with Crippen molar-refractivity contribution in [2.75, 3.05) is 0 Å². The molecule has 0 aliphatic heterocycles. The molecule has 0 bridgehead atoms. The van der Waals surface area contributed by atoms with Crippen LogP contribution in [0.4, 0.5) is 0 Å². The van der Waals surface area contributed by atoms with E-state index in [1.165, 1.54) is 5.21 Å². The summed E-state index contributed by atoms with van der Waals surface area (Å²) in [6, 6.07) is 10.9. The zero-order valence-corrected chi connectivity index (χ0v) is 8.42. The first-order valence-electron chi connectivity index (χ1n) is 3.60. The molecule has 0 aliphatic carbocycles. The van der Waals surface area contributed by atoms with Crippen LogP contribution in [-0.4, -0.2) is 14.7 Å². The summed E-state index contributed by atoms with van der Waals surface area (Å²) in [5.74, 6) is 0. The van der Waals surface area contributed by atoms with Gasteiger partial charge in [0.25, 0.3) is 0 Å². The average molecular weight is 196 g/mol. The minimum atomic E-state index is -0.602. The van der Waals surface area contributed by atoms with Crippen molar-refractivity contribution in [3.63, 3.8) is 0 Å². The minimum absolute atomic E-state index is 0.602. The van der Waals surface area contributed by atoms with Gasteiger partial charge in [-0.15, -0.1) is 0 Å². The van der Waals surface area contributed by atoms with E-state index in [1.54, 1.807) is 4.35 Å². The SMILES string of the molecule is CC[As](C)c1ccccc1. The first kappa shape index (κ1) is 7.88. The fourth-order valence-corrected chi connectivity index (χ4v) is 3.06. The van der Waals surface area contributed by atoms with Crippen molar-refractivity contribution >= 4 is 19.0 Å². The van der Waals surface area contributed by atoms with Crippen LogP contribution >= 0.6 is 0 Å². The molecule has 0 amide bonds. The van der Waals surface area contributed by atoms with Gasteiger partial charge in [0, 0.05) is 0 Å². The first-order valence-corrected chi connectivity index (χ1v) is 7.75. The Labute approximate surface area is 67.5 Å². The van der Waals surface area contributed by atoms with E-state index in [9.17, 15) is 0 Å². The van der Waals surface area contributed by atoms with E-state index >= 15 is 0 Å². The van der Waals surface area contributed by atoms with Crippen molar-refractivity contribution in [3.8, 4) is 0 Å². The van der Waals surface area contributed by atoms with E-state index < -0.39 is 14.7 Å². The molecule has 0 heterocycles. The van der Waals surface area contributed by atoms with Gasteiger partial charge < -0.3 is 0 Å². The molecule has 1 aromatic rings. The monoisotopic (exact) mass is 196 g/mol. The topological polar surface area (TPSA) is 0 Å². The summed E-state index contributed by atoms with van der Waals surface area (Å²) in [5, 5.41) is 1.37. The van der Waals surface area contributed by atoms with Gasteiger partial charge in [-0.3, -0.25) is 0 Å². The van der Waals surface area contributed by atoms with Gasteiger partial charge in [0.2, 0.25) is 0 Å². The van der Waals surface area contributed by atoms with Crippen LogP contribution in [0, 0.1) is 0 Å². The molecule has 1 heteroatoms. The van der Waals surface area contributed by atoms with E-state index in [4.69, 9.17) is 0 Å². The van der Waals surface area contributed by atoms with Gasteiger partial charge in [-0.1, -0.05) is 0 Å². The molecule has 0 aromatic heterocycles. The Hall–Kier alpha value is -0.222. The summed E-state index contributed by atoms with van der Waals surface area (Å²) in [4.78, 5) is 0. The number of rotatable bonds is 2. The van der Waals surface area contributed by atoms with Crippen molar-refractivity contribution in [1.82, 2.24) is 0 Å². The summed E-state index contributed by atoms with van der Waals surface area (Å²) in [6.07, 6.45) is 0. The first-order chi connectivity index (χ1) is 4.84. The molecule has 1 atom stereocenters. The van der Waals surface area contributed by atoms with Crippen molar-refractivity contribution < 1.29 is 0 Å². The van der Waals surface area contributed by atoms with Gasteiger partial charge in [0.15, 0.2) is 0 Å². The molecule has 10 heavy (non-hydrogen) atoms. The van der Waals surface area contributed by atoms with Crippen LogP contribution in [0.15, 0.2) is 30.3 Å². The van der Waals surface area contributed by atoms with Crippen LogP contribution in [0.25, 0.3) is 0 Å². The van der Waals surface area contributed by atoms with Crippen LogP contribution in [0.2, 0.25) is 10.9 Å². The third kappa shape index (κ3) is 1.88. The van der Waals surface area contributed by atoms with Crippen molar-refractivity contribution in [3.05, 3.63) is 30.3 Å². The third-order valence-corrected chi connectivity index (χ3v) is 6.14. The van der Waals surface area contributed by atoms with Crippen molar-refractivity contribution in [2.24, 2.45) is 0 Å². The van der Waals surface area contributed by atoms with Gasteiger partial charge in [0.1, 0.15) is 0 Å². The summed E-state index contributed by atoms with van der Waals surface area (Å²) >= 11 is -0.602. The molecule has 0 aliphatic rings. The molecule has 0 fully saturated rings. The van der Waals surface area contributed by atoms with Crippen molar-refractivity contribution in [2.45, 2.75) is 17.8 Å². The zero-order valence-electron chi connectivity index (χ0n) is 6.54. The summed E-state index contributed by atoms with van der Waals surface area (Å²) in [5.41, 5.74) is 2.41. The third-order valence-electron chi connectivity index (χ3n) is 1.67. The predicted octanol–water partition coefficient (Wildman–Crippen LogP) is 2.04. The Bertz CT molecular complexity index is 181. The van der Waals surface area contributed by atoms with E-state index in [2.05, 4.69) is 43.0 Å². The van der Waals surface area contributed by atoms with E-state index in [0.717, 1.165) is 0 Å². The Balaban J connectivity index is 2.75. The molecule has 1 rings (SSSR count). The van der Waals surface area contributed by atoms with Crippen LogP contribution in [0.3, 0.4) is 0 Å². The molecule has 0 saturated heterocycles. The molecule has 1 unspecified atom stereocenters. The van der Waals surface area contributed by atoms with E-state index in [1.807, 2.05) is 0 Å². The number of hydrogen-bond acceptors (Lipinski definition) is 0. The van der Waals surface area contributed by atoms with E-state index in [-0.39, 0.29) is 0 Å². The molecule has 0 saturated carbocycles. The molecule has 54 valence electrons. The quantitative estimate of drug-likeness (QED) is 0.635. The normalized spacial score (nSPS) is 13.0. The van der Waals surface area contributed by atoms with Crippen LogP contribution in [0.1, 0.15) is 6.92 Å². The second-order valence-electron chi connectivity index (χ2n) is 2.35. The summed E-state index contributed by atoms with van der Waals surface area (Å²) < 4.78 is 1.59. The predicted molar refractivity (Wildman–Crippen MR) is 48.2 cm³/mol. The molecule has 1 aromatic carbocycles. The van der Waals surface area contributed by atoms with Gasteiger partial charge in [-0.05, 0) is 0 Å². The second-order valence-corrected chi connectivity index (χ2v) is 7.69. The Morgan fingerprint density at radius 3 is 2.30 bits per heavy atom. The summed E-state index contributed by atoms with van der Waals surface area (Å²) in [6.45, 7) is 2.28. The number of benzene rings is 1. The molecule has 0 radical (unpaired) electrons. The maximum absolute atomic E-state index is 2.41. The van der Waals surface area contributed by atoms with Crippen LogP contribution in [0.5, 0.6) is 0 Å². The molecule has 0 nitrogen and oxygen atoms in total. The standard InChI is InChI=1S/C9H13As/c1-3-10(2)9-7-5-4-6-8-9/h4-8H,3H2,1-2H3. The maximum atomic E-state index is 2.41. The second kappa shape index (κ2) is 3.83. The van der Waals surface area contributed by atoms with Gasteiger partial charge >= 0.3 is 67.2 Å². The van der Waals surface area contributed by atoms with Crippen molar-refractivity contribution in [1.29, 1.82) is 0 Å². The fourth-order valence-electron chi connectivity index (χ4n) is 0.865.